The van der Waals surface area contributed by atoms with E-state index in [1.165, 1.54) is 0 Å². The summed E-state index contributed by atoms with van der Waals surface area (Å²) in [4.78, 5) is 0. The number of para-hydroxylation sites is 1. The smallest absolute Gasteiger partial charge is 0.141 e. The van der Waals surface area contributed by atoms with Crippen molar-refractivity contribution in [2.24, 2.45) is 0 Å². The third kappa shape index (κ3) is 3.20. The van der Waals surface area contributed by atoms with Crippen LogP contribution in [0.2, 0.25) is 0 Å². The first-order valence-electron chi connectivity index (χ1n) is 6.39. The Morgan fingerprint density at radius 3 is 2.35 bits per heavy atom. The highest BCUT2D eigenvalue weighted by Gasteiger charge is 2.19. The van der Waals surface area contributed by atoms with Crippen molar-refractivity contribution in [3.05, 3.63) is 58.1 Å². The van der Waals surface area contributed by atoms with Gasteiger partial charge >= 0.3 is 0 Å². The fraction of sp³-hybridized carbons (Fsp3) is 0.235. The van der Waals surface area contributed by atoms with Gasteiger partial charge in [-0.15, -0.1) is 0 Å². The second-order valence-electron chi connectivity index (χ2n) is 5.61. The largest absolute Gasteiger partial charge is 0.456 e. The highest BCUT2D eigenvalue weighted by Crippen LogP contribution is 2.36. The molecular formula is C17H16BrNO. The number of hydrogen-bond acceptors (Lipinski definition) is 2. The Labute approximate surface area is 128 Å². The van der Waals surface area contributed by atoms with E-state index in [0.717, 1.165) is 15.8 Å². The van der Waals surface area contributed by atoms with Crippen LogP contribution in [0.4, 0.5) is 0 Å². The molecule has 0 atom stereocenters. The van der Waals surface area contributed by atoms with E-state index < -0.39 is 0 Å². The molecule has 0 N–H and O–H groups in total. The van der Waals surface area contributed by atoms with Crippen molar-refractivity contribution in [1.29, 1.82) is 5.26 Å². The minimum Gasteiger partial charge on any atom is -0.456 e. The number of halogens is 1. The molecule has 0 aromatic heterocycles. The molecule has 0 aliphatic rings. The van der Waals surface area contributed by atoms with Gasteiger partial charge in [-0.25, -0.2) is 0 Å². The maximum atomic E-state index is 8.88. The molecule has 2 nitrogen and oxygen atoms in total. The van der Waals surface area contributed by atoms with E-state index in [2.05, 4.69) is 48.8 Å². The molecule has 0 saturated carbocycles. The number of nitrogens with zero attached hydrogens (tertiary/aromatic N) is 1. The molecule has 3 heteroatoms. The predicted octanol–water partition coefficient (Wildman–Crippen LogP) is 5.41. The Bertz CT molecular complexity index is 665. The van der Waals surface area contributed by atoms with Crippen LogP contribution < -0.4 is 4.74 Å². The van der Waals surface area contributed by atoms with Gasteiger partial charge in [0.25, 0.3) is 0 Å². The molecule has 0 bridgehead atoms. The lowest BCUT2D eigenvalue weighted by Crippen LogP contribution is -2.12. The monoisotopic (exact) mass is 329 g/mol. The summed E-state index contributed by atoms with van der Waals surface area (Å²) < 4.78 is 6.79. The third-order valence-corrected chi connectivity index (χ3v) is 3.60. The first-order valence-corrected chi connectivity index (χ1v) is 7.18. The SMILES string of the molecule is CC(C)(C)c1ccccc1Oc1ccc(C#N)cc1Br. The molecule has 2 rings (SSSR count). The summed E-state index contributed by atoms with van der Waals surface area (Å²) in [6.07, 6.45) is 0. The maximum Gasteiger partial charge on any atom is 0.141 e. The summed E-state index contributed by atoms with van der Waals surface area (Å²) in [5.41, 5.74) is 1.76. The predicted molar refractivity (Wildman–Crippen MR) is 84.1 cm³/mol. The van der Waals surface area contributed by atoms with Crippen molar-refractivity contribution in [3.63, 3.8) is 0 Å². The molecule has 0 heterocycles. The number of rotatable bonds is 2. The number of benzene rings is 2. The maximum absolute atomic E-state index is 8.88. The van der Waals surface area contributed by atoms with Gasteiger partial charge in [-0.05, 0) is 45.6 Å². The van der Waals surface area contributed by atoms with Crippen LogP contribution in [0.5, 0.6) is 11.5 Å². The fourth-order valence-corrected chi connectivity index (χ4v) is 2.41. The van der Waals surface area contributed by atoms with Gasteiger partial charge in [0.05, 0.1) is 16.1 Å². The van der Waals surface area contributed by atoms with Crippen molar-refractivity contribution in [1.82, 2.24) is 0 Å². The number of hydrogen-bond donors (Lipinski definition) is 0. The van der Waals surface area contributed by atoms with Gasteiger partial charge in [-0.2, -0.15) is 5.26 Å². The van der Waals surface area contributed by atoms with Crippen molar-refractivity contribution >= 4 is 15.9 Å². The van der Waals surface area contributed by atoms with Crippen molar-refractivity contribution in [2.75, 3.05) is 0 Å². The zero-order valence-corrected chi connectivity index (χ0v) is 13.4. The second-order valence-corrected chi connectivity index (χ2v) is 6.46. The van der Waals surface area contributed by atoms with Crippen molar-refractivity contribution < 1.29 is 4.74 Å². The zero-order chi connectivity index (χ0) is 14.8. The lowest BCUT2D eigenvalue weighted by molar-refractivity contribution is 0.453. The Hall–Kier alpha value is -1.79. The molecule has 0 radical (unpaired) electrons. The van der Waals surface area contributed by atoms with Gasteiger partial charge in [0, 0.05) is 5.56 Å². The molecule has 0 aliphatic carbocycles. The number of nitriles is 1. The van der Waals surface area contributed by atoms with E-state index in [1.54, 1.807) is 12.1 Å². The molecule has 2 aromatic rings. The van der Waals surface area contributed by atoms with E-state index >= 15 is 0 Å². The zero-order valence-electron chi connectivity index (χ0n) is 11.8. The first-order chi connectivity index (χ1) is 9.41. The van der Waals surface area contributed by atoms with Gasteiger partial charge in [-0.3, -0.25) is 0 Å². The van der Waals surface area contributed by atoms with Gasteiger partial charge in [0.2, 0.25) is 0 Å². The van der Waals surface area contributed by atoms with Crippen LogP contribution in [-0.2, 0) is 5.41 Å². The molecule has 102 valence electrons. The summed E-state index contributed by atoms with van der Waals surface area (Å²) >= 11 is 3.44. The Morgan fingerprint density at radius 1 is 1.05 bits per heavy atom. The standard InChI is InChI=1S/C17H16BrNO/c1-17(2,3)13-6-4-5-7-15(13)20-16-9-8-12(11-19)10-14(16)18/h4-10H,1-3H3. The van der Waals surface area contributed by atoms with E-state index in [0.29, 0.717) is 11.3 Å². The highest BCUT2D eigenvalue weighted by molar-refractivity contribution is 9.10. The topological polar surface area (TPSA) is 33.0 Å². The van der Waals surface area contributed by atoms with Crippen LogP contribution in [0.3, 0.4) is 0 Å². The molecule has 0 unspecified atom stereocenters. The van der Waals surface area contributed by atoms with Crippen LogP contribution in [-0.4, -0.2) is 0 Å². The molecule has 0 saturated heterocycles. The van der Waals surface area contributed by atoms with Gasteiger partial charge in [-0.1, -0.05) is 39.0 Å². The number of ether oxygens (including phenoxy) is 1. The molecule has 0 spiro atoms. The van der Waals surface area contributed by atoms with Gasteiger partial charge in [0.1, 0.15) is 11.5 Å². The Morgan fingerprint density at radius 2 is 1.75 bits per heavy atom. The highest BCUT2D eigenvalue weighted by atomic mass is 79.9. The Balaban J connectivity index is 2.39. The minimum absolute atomic E-state index is 0.00959. The summed E-state index contributed by atoms with van der Waals surface area (Å²) in [5, 5.41) is 8.88. The van der Waals surface area contributed by atoms with Crippen LogP contribution in [0, 0.1) is 11.3 Å². The van der Waals surface area contributed by atoms with E-state index in [9.17, 15) is 0 Å². The quantitative estimate of drug-likeness (QED) is 0.737. The second kappa shape index (κ2) is 5.68. The molecule has 0 fully saturated rings. The molecule has 0 amide bonds. The minimum atomic E-state index is 0.00959. The molecule has 20 heavy (non-hydrogen) atoms. The average Bonchev–Trinajstić information content (AvgIpc) is 2.40. The van der Waals surface area contributed by atoms with Crippen LogP contribution in [0.25, 0.3) is 0 Å². The van der Waals surface area contributed by atoms with Crippen molar-refractivity contribution in [2.45, 2.75) is 26.2 Å². The van der Waals surface area contributed by atoms with Crippen LogP contribution >= 0.6 is 15.9 Å². The molecule has 0 aliphatic heterocycles. The van der Waals surface area contributed by atoms with E-state index in [1.807, 2.05) is 24.3 Å². The normalized spacial score (nSPS) is 10.9. The van der Waals surface area contributed by atoms with Crippen LogP contribution in [0.15, 0.2) is 46.9 Å². The van der Waals surface area contributed by atoms with Gasteiger partial charge in [0.15, 0.2) is 0 Å². The van der Waals surface area contributed by atoms with Crippen molar-refractivity contribution in [3.8, 4) is 17.6 Å². The molecule has 2 aromatic carbocycles. The van der Waals surface area contributed by atoms with E-state index in [4.69, 9.17) is 10.00 Å². The summed E-state index contributed by atoms with van der Waals surface area (Å²) in [6.45, 7) is 6.47. The lowest BCUT2D eigenvalue weighted by atomic mass is 9.86. The van der Waals surface area contributed by atoms with E-state index in [-0.39, 0.29) is 5.41 Å². The Kier molecular flexibility index (Phi) is 4.15. The fourth-order valence-electron chi connectivity index (χ4n) is 1.95. The van der Waals surface area contributed by atoms with Crippen LogP contribution in [0.1, 0.15) is 31.9 Å². The van der Waals surface area contributed by atoms with Gasteiger partial charge < -0.3 is 4.74 Å². The summed E-state index contributed by atoms with van der Waals surface area (Å²) in [5.74, 6) is 1.55. The molecular weight excluding hydrogens is 314 g/mol. The summed E-state index contributed by atoms with van der Waals surface area (Å²) in [7, 11) is 0. The first kappa shape index (κ1) is 14.6. The summed E-state index contributed by atoms with van der Waals surface area (Å²) in [6, 6.07) is 15.4. The lowest BCUT2D eigenvalue weighted by Gasteiger charge is -2.22. The average molecular weight is 330 g/mol. The third-order valence-electron chi connectivity index (χ3n) is 2.98.